The molecule has 1 fully saturated rings. The summed E-state index contributed by atoms with van der Waals surface area (Å²) in [6.45, 7) is 4.91. The van der Waals surface area contributed by atoms with Crippen LogP contribution in [0.4, 0.5) is 4.39 Å². The number of morpholine rings is 1. The Balaban J connectivity index is 1.50. The Morgan fingerprint density at radius 3 is 2.67 bits per heavy atom. The number of aromatic nitrogens is 3. The average molecular weight is 411 g/mol. The van der Waals surface area contributed by atoms with Crippen molar-refractivity contribution < 1.29 is 13.9 Å². The average Bonchev–Trinajstić information content (AvgIpc) is 3.39. The number of carbonyl (C=O) groups excluding carboxylic acids is 1. The van der Waals surface area contributed by atoms with Gasteiger partial charge in [-0.15, -0.1) is 0 Å². The molecule has 3 heterocycles. The largest absolute Gasteiger partial charge is 0.379 e. The molecule has 0 spiro atoms. The van der Waals surface area contributed by atoms with Gasteiger partial charge in [-0.05, 0) is 55.4 Å². The van der Waals surface area contributed by atoms with Crippen molar-refractivity contribution in [2.24, 2.45) is 7.05 Å². The maximum Gasteiger partial charge on any atom is 0.270 e. The molecular weight excluding hydrogens is 385 g/mol. The number of hydrogen-bond donors (Lipinski definition) is 1. The molecule has 4 rings (SSSR count). The SMILES string of the molecule is Cn1cccc1-c1cc(C(=O)NCCCN2CCOCC2)n(-c2ccc(F)cc2)n1. The van der Waals surface area contributed by atoms with E-state index < -0.39 is 0 Å². The quantitative estimate of drug-likeness (QED) is 0.607. The van der Waals surface area contributed by atoms with E-state index in [4.69, 9.17) is 4.74 Å². The number of benzene rings is 1. The van der Waals surface area contributed by atoms with E-state index in [0.717, 1.165) is 45.0 Å². The Kier molecular flexibility index (Phi) is 6.25. The van der Waals surface area contributed by atoms with Crippen molar-refractivity contribution in [1.82, 2.24) is 24.6 Å². The predicted octanol–water partition coefficient (Wildman–Crippen LogP) is 2.47. The van der Waals surface area contributed by atoms with Crippen LogP contribution in [-0.4, -0.2) is 64.5 Å². The van der Waals surface area contributed by atoms with E-state index in [9.17, 15) is 9.18 Å². The van der Waals surface area contributed by atoms with Crippen LogP contribution >= 0.6 is 0 Å². The Labute approximate surface area is 175 Å². The van der Waals surface area contributed by atoms with Gasteiger partial charge in [-0.2, -0.15) is 5.10 Å². The van der Waals surface area contributed by atoms with E-state index in [0.29, 0.717) is 23.6 Å². The zero-order valence-corrected chi connectivity index (χ0v) is 17.1. The third kappa shape index (κ3) is 4.60. The maximum atomic E-state index is 13.4. The number of carbonyl (C=O) groups is 1. The summed E-state index contributed by atoms with van der Waals surface area (Å²) in [4.78, 5) is 15.3. The molecule has 8 heteroatoms. The molecule has 3 aromatic rings. The fourth-order valence-electron chi connectivity index (χ4n) is 3.59. The second kappa shape index (κ2) is 9.23. The Hall–Kier alpha value is -2.97. The van der Waals surface area contributed by atoms with Gasteiger partial charge in [-0.25, -0.2) is 9.07 Å². The highest BCUT2D eigenvalue weighted by molar-refractivity contribution is 5.94. The van der Waals surface area contributed by atoms with Gasteiger partial charge in [0.1, 0.15) is 17.2 Å². The van der Waals surface area contributed by atoms with E-state index in [1.807, 2.05) is 29.9 Å². The normalized spacial score (nSPS) is 14.7. The van der Waals surface area contributed by atoms with Crippen LogP contribution in [0.1, 0.15) is 16.9 Å². The van der Waals surface area contributed by atoms with Crippen molar-refractivity contribution in [3.63, 3.8) is 0 Å². The minimum atomic E-state index is -0.331. The molecule has 0 atom stereocenters. The lowest BCUT2D eigenvalue weighted by Gasteiger charge is -2.26. The monoisotopic (exact) mass is 411 g/mol. The molecule has 1 aliphatic heterocycles. The van der Waals surface area contributed by atoms with Crippen molar-refractivity contribution >= 4 is 5.91 Å². The van der Waals surface area contributed by atoms with Crippen LogP contribution in [0.25, 0.3) is 17.1 Å². The molecule has 7 nitrogen and oxygen atoms in total. The highest BCUT2D eigenvalue weighted by atomic mass is 19.1. The molecule has 0 saturated carbocycles. The molecule has 158 valence electrons. The molecule has 1 saturated heterocycles. The molecule has 1 N–H and O–H groups in total. The number of rotatable bonds is 7. The first-order chi connectivity index (χ1) is 14.6. The van der Waals surface area contributed by atoms with Crippen LogP contribution in [0.15, 0.2) is 48.7 Å². The first-order valence-corrected chi connectivity index (χ1v) is 10.2. The second-order valence-corrected chi connectivity index (χ2v) is 7.37. The summed E-state index contributed by atoms with van der Waals surface area (Å²) in [7, 11) is 1.93. The van der Waals surface area contributed by atoms with Crippen molar-refractivity contribution in [2.75, 3.05) is 39.4 Å². The molecule has 0 bridgehead atoms. The Bertz CT molecular complexity index is 989. The van der Waals surface area contributed by atoms with Gasteiger partial charge in [0.15, 0.2) is 0 Å². The summed E-state index contributed by atoms with van der Waals surface area (Å²) in [6.07, 6.45) is 2.79. The highest BCUT2D eigenvalue weighted by Gasteiger charge is 2.19. The van der Waals surface area contributed by atoms with E-state index in [1.165, 1.54) is 12.1 Å². The topological polar surface area (TPSA) is 64.3 Å². The first kappa shape index (κ1) is 20.3. The van der Waals surface area contributed by atoms with Gasteiger partial charge >= 0.3 is 0 Å². The summed E-state index contributed by atoms with van der Waals surface area (Å²) in [5, 5.41) is 7.62. The Morgan fingerprint density at radius 2 is 1.97 bits per heavy atom. The summed E-state index contributed by atoms with van der Waals surface area (Å²) in [6, 6.07) is 11.6. The van der Waals surface area contributed by atoms with Gasteiger partial charge in [0.2, 0.25) is 0 Å². The third-order valence-corrected chi connectivity index (χ3v) is 5.26. The van der Waals surface area contributed by atoms with Crippen LogP contribution in [0.2, 0.25) is 0 Å². The van der Waals surface area contributed by atoms with E-state index in [-0.39, 0.29) is 11.7 Å². The summed E-state index contributed by atoms with van der Waals surface area (Å²) in [5.74, 6) is -0.531. The summed E-state index contributed by atoms with van der Waals surface area (Å²) < 4.78 is 22.3. The van der Waals surface area contributed by atoms with Crippen molar-refractivity contribution in [2.45, 2.75) is 6.42 Å². The standard InChI is InChI=1S/C22H26FN5O2/c1-26-10-2-4-20(26)19-16-21(28(25-19)18-7-5-17(23)6-8-18)22(29)24-9-3-11-27-12-14-30-15-13-27/h2,4-8,10,16H,3,9,11-15H2,1H3,(H,24,29). The molecule has 2 aromatic heterocycles. The molecule has 0 unspecified atom stereocenters. The maximum absolute atomic E-state index is 13.4. The predicted molar refractivity (Wildman–Crippen MR) is 112 cm³/mol. The summed E-state index contributed by atoms with van der Waals surface area (Å²) >= 11 is 0. The van der Waals surface area contributed by atoms with E-state index in [2.05, 4.69) is 15.3 Å². The summed E-state index contributed by atoms with van der Waals surface area (Å²) in [5.41, 5.74) is 2.64. The van der Waals surface area contributed by atoms with Crippen molar-refractivity contribution in [1.29, 1.82) is 0 Å². The number of ether oxygens (including phenoxy) is 1. The van der Waals surface area contributed by atoms with Gasteiger partial charge in [0.25, 0.3) is 5.91 Å². The van der Waals surface area contributed by atoms with Gasteiger partial charge in [-0.1, -0.05) is 0 Å². The number of halogens is 1. The van der Waals surface area contributed by atoms with Gasteiger partial charge < -0.3 is 14.6 Å². The van der Waals surface area contributed by atoms with Crippen molar-refractivity contribution in [3.05, 3.63) is 60.2 Å². The molecule has 1 aliphatic rings. The molecule has 30 heavy (non-hydrogen) atoms. The van der Waals surface area contributed by atoms with Crippen LogP contribution < -0.4 is 5.32 Å². The minimum Gasteiger partial charge on any atom is -0.379 e. The van der Waals surface area contributed by atoms with Crippen LogP contribution in [0.3, 0.4) is 0 Å². The molecule has 0 radical (unpaired) electrons. The lowest BCUT2D eigenvalue weighted by atomic mass is 10.2. The van der Waals surface area contributed by atoms with E-state index in [1.54, 1.807) is 22.9 Å². The van der Waals surface area contributed by atoms with Crippen molar-refractivity contribution in [3.8, 4) is 17.1 Å². The zero-order chi connectivity index (χ0) is 20.9. The first-order valence-electron chi connectivity index (χ1n) is 10.2. The van der Waals surface area contributed by atoms with Crippen LogP contribution in [0, 0.1) is 5.82 Å². The van der Waals surface area contributed by atoms with Gasteiger partial charge in [0, 0.05) is 32.9 Å². The lowest BCUT2D eigenvalue weighted by molar-refractivity contribution is 0.0374. The molecule has 1 amide bonds. The minimum absolute atomic E-state index is 0.200. The molecule has 0 aliphatic carbocycles. The number of nitrogens with zero attached hydrogens (tertiary/aromatic N) is 4. The van der Waals surface area contributed by atoms with E-state index >= 15 is 0 Å². The van der Waals surface area contributed by atoms with Gasteiger partial charge in [0.05, 0.1) is 24.6 Å². The lowest BCUT2D eigenvalue weighted by Crippen LogP contribution is -2.38. The smallest absolute Gasteiger partial charge is 0.270 e. The Morgan fingerprint density at radius 1 is 1.20 bits per heavy atom. The zero-order valence-electron chi connectivity index (χ0n) is 17.1. The number of amides is 1. The molecular formula is C22H26FN5O2. The number of nitrogens with one attached hydrogen (secondary N) is 1. The third-order valence-electron chi connectivity index (χ3n) is 5.26. The fraction of sp³-hybridized carbons (Fsp3) is 0.364. The molecule has 1 aromatic carbocycles. The fourth-order valence-corrected chi connectivity index (χ4v) is 3.59. The highest BCUT2D eigenvalue weighted by Crippen LogP contribution is 2.22. The number of hydrogen-bond acceptors (Lipinski definition) is 4. The van der Waals surface area contributed by atoms with Gasteiger partial charge in [-0.3, -0.25) is 9.69 Å². The van der Waals surface area contributed by atoms with Crippen LogP contribution in [-0.2, 0) is 11.8 Å². The second-order valence-electron chi connectivity index (χ2n) is 7.37. The number of aryl methyl sites for hydroxylation is 1. The van der Waals surface area contributed by atoms with Crippen LogP contribution in [0.5, 0.6) is 0 Å².